The molecular weight excluding hydrogens is 272 g/mol. The Morgan fingerprint density at radius 3 is 2.45 bits per heavy atom. The van der Waals surface area contributed by atoms with Gasteiger partial charge in [-0.05, 0) is 38.0 Å². The van der Waals surface area contributed by atoms with Crippen LogP contribution in [0.4, 0.5) is 11.4 Å². The summed E-state index contributed by atoms with van der Waals surface area (Å²) in [6.07, 6.45) is 0. The van der Waals surface area contributed by atoms with Gasteiger partial charge in [0, 0.05) is 46.5 Å². The van der Waals surface area contributed by atoms with E-state index < -0.39 is 0 Å². The van der Waals surface area contributed by atoms with Crippen molar-refractivity contribution in [2.24, 2.45) is 11.5 Å². The number of hydrogen-bond acceptors (Lipinski definition) is 4. The van der Waals surface area contributed by atoms with E-state index in [2.05, 4.69) is 48.7 Å². The van der Waals surface area contributed by atoms with Crippen molar-refractivity contribution < 1.29 is 0 Å². The number of nitrogens with one attached hydrogen (secondary N) is 2. The summed E-state index contributed by atoms with van der Waals surface area (Å²) in [5.74, 6) is 0. The van der Waals surface area contributed by atoms with Crippen LogP contribution < -0.4 is 22.1 Å². The predicted molar refractivity (Wildman–Crippen MR) is 96.0 cm³/mol. The Labute approximate surface area is 131 Å². The van der Waals surface area contributed by atoms with Crippen LogP contribution in [0.3, 0.4) is 0 Å². The van der Waals surface area contributed by atoms with Crippen LogP contribution in [0, 0.1) is 0 Å². The highest BCUT2D eigenvalue weighted by Gasteiger charge is 2.26. The Balaban J connectivity index is 2.43. The molecule has 116 valence electrons. The molecule has 1 unspecified atom stereocenters. The van der Waals surface area contributed by atoms with Crippen LogP contribution in [0.1, 0.15) is 37.9 Å². The fraction of sp³-hybridized carbons (Fsp3) is 0.333. The van der Waals surface area contributed by atoms with Gasteiger partial charge in [0.05, 0.1) is 6.04 Å². The van der Waals surface area contributed by atoms with E-state index >= 15 is 0 Å². The average Bonchev–Trinajstić information content (AvgIpc) is 2.52. The van der Waals surface area contributed by atoms with E-state index in [-0.39, 0.29) is 6.04 Å². The molecule has 0 fully saturated rings. The Morgan fingerprint density at radius 1 is 1.09 bits per heavy atom. The second kappa shape index (κ2) is 5.54. The zero-order valence-corrected chi connectivity index (χ0v) is 13.5. The molecule has 6 N–H and O–H groups in total. The molecule has 1 aliphatic carbocycles. The number of benzene rings is 2. The number of nitrogens with two attached hydrogens (primary N) is 2. The maximum atomic E-state index is 6.43. The van der Waals surface area contributed by atoms with Crippen LogP contribution in [0.15, 0.2) is 29.8 Å². The van der Waals surface area contributed by atoms with Crippen LogP contribution in [0.5, 0.6) is 0 Å². The van der Waals surface area contributed by atoms with E-state index in [0.717, 1.165) is 46.9 Å². The summed E-state index contributed by atoms with van der Waals surface area (Å²) in [4.78, 5) is 0. The Morgan fingerprint density at radius 2 is 1.77 bits per heavy atom. The molecule has 0 bridgehead atoms. The Kier molecular flexibility index (Phi) is 3.71. The SMILES string of the molecule is CCNc1cc(NCC)c2cccc3c2c1C(N)=C(C)C3N. The molecule has 2 aromatic carbocycles. The van der Waals surface area contributed by atoms with Gasteiger partial charge < -0.3 is 22.1 Å². The van der Waals surface area contributed by atoms with E-state index in [1.807, 2.05) is 6.92 Å². The molecule has 3 rings (SSSR count). The van der Waals surface area contributed by atoms with Crippen LogP contribution in [-0.2, 0) is 0 Å². The molecular formula is C18H24N4. The fourth-order valence-corrected chi connectivity index (χ4v) is 3.31. The van der Waals surface area contributed by atoms with Crippen molar-refractivity contribution in [1.29, 1.82) is 0 Å². The normalized spacial score (nSPS) is 17.0. The molecule has 0 aromatic heterocycles. The zero-order chi connectivity index (χ0) is 15.9. The second-order valence-electron chi connectivity index (χ2n) is 5.75. The topological polar surface area (TPSA) is 76.1 Å². The van der Waals surface area contributed by atoms with E-state index in [1.165, 1.54) is 10.8 Å². The largest absolute Gasteiger partial charge is 0.398 e. The molecule has 4 nitrogen and oxygen atoms in total. The van der Waals surface area contributed by atoms with Crippen LogP contribution in [-0.4, -0.2) is 13.1 Å². The molecule has 0 heterocycles. The van der Waals surface area contributed by atoms with Crippen molar-refractivity contribution in [3.63, 3.8) is 0 Å². The number of anilines is 2. The predicted octanol–water partition coefficient (Wildman–Crippen LogP) is 3.41. The lowest BCUT2D eigenvalue weighted by molar-refractivity contribution is 0.848. The van der Waals surface area contributed by atoms with Crippen molar-refractivity contribution in [3.05, 3.63) is 41.0 Å². The molecule has 0 amide bonds. The Bertz CT molecular complexity index is 761. The van der Waals surface area contributed by atoms with Gasteiger partial charge in [0.15, 0.2) is 0 Å². The van der Waals surface area contributed by atoms with Crippen LogP contribution in [0.25, 0.3) is 16.5 Å². The molecule has 0 radical (unpaired) electrons. The highest BCUT2D eigenvalue weighted by Crippen LogP contribution is 2.44. The minimum atomic E-state index is -0.137. The fourth-order valence-electron chi connectivity index (χ4n) is 3.31. The van der Waals surface area contributed by atoms with Crippen molar-refractivity contribution in [2.45, 2.75) is 26.8 Å². The summed E-state index contributed by atoms with van der Waals surface area (Å²) in [5.41, 5.74) is 19.1. The number of rotatable bonds is 4. The van der Waals surface area contributed by atoms with E-state index in [9.17, 15) is 0 Å². The molecule has 0 saturated heterocycles. The lowest BCUT2D eigenvalue weighted by Crippen LogP contribution is -2.21. The van der Waals surface area contributed by atoms with Gasteiger partial charge in [0.1, 0.15) is 0 Å². The van der Waals surface area contributed by atoms with Gasteiger partial charge in [0.25, 0.3) is 0 Å². The maximum absolute atomic E-state index is 6.43. The van der Waals surface area contributed by atoms with Gasteiger partial charge in [-0.1, -0.05) is 18.2 Å². The first-order valence-electron chi connectivity index (χ1n) is 7.89. The lowest BCUT2D eigenvalue weighted by Gasteiger charge is -2.28. The molecule has 0 aliphatic heterocycles. The highest BCUT2D eigenvalue weighted by molar-refractivity contribution is 6.09. The summed E-state index contributed by atoms with van der Waals surface area (Å²) < 4.78 is 0. The first-order valence-corrected chi connectivity index (χ1v) is 7.89. The van der Waals surface area contributed by atoms with E-state index in [1.54, 1.807) is 0 Å². The molecule has 1 aliphatic rings. The third-order valence-electron chi connectivity index (χ3n) is 4.43. The lowest BCUT2D eigenvalue weighted by atomic mass is 9.83. The maximum Gasteiger partial charge on any atom is 0.0537 e. The average molecular weight is 296 g/mol. The standard InChI is InChI=1S/C18H24N4/c1-4-21-13-9-14(22-5-2)16-15-11(13)7-6-8-12(15)17(19)10(3)18(16)20/h6-9,17,21-22H,4-5,19-20H2,1-3H3. The van der Waals surface area contributed by atoms with Crippen LogP contribution >= 0.6 is 0 Å². The first kappa shape index (κ1) is 14.7. The Hall–Kier alpha value is -2.20. The summed E-state index contributed by atoms with van der Waals surface area (Å²) in [7, 11) is 0. The van der Waals surface area contributed by atoms with Gasteiger partial charge in [-0.15, -0.1) is 0 Å². The summed E-state index contributed by atoms with van der Waals surface area (Å²) in [5, 5.41) is 9.26. The van der Waals surface area contributed by atoms with Crippen molar-refractivity contribution in [3.8, 4) is 0 Å². The second-order valence-corrected chi connectivity index (χ2v) is 5.75. The molecule has 22 heavy (non-hydrogen) atoms. The smallest absolute Gasteiger partial charge is 0.0537 e. The van der Waals surface area contributed by atoms with Gasteiger partial charge in [0.2, 0.25) is 0 Å². The van der Waals surface area contributed by atoms with Gasteiger partial charge in [-0.3, -0.25) is 0 Å². The molecule has 0 saturated carbocycles. The number of hydrogen-bond donors (Lipinski definition) is 4. The highest BCUT2D eigenvalue weighted by atomic mass is 14.9. The minimum absolute atomic E-state index is 0.137. The van der Waals surface area contributed by atoms with Gasteiger partial charge in [-0.25, -0.2) is 0 Å². The molecule has 4 heteroatoms. The van der Waals surface area contributed by atoms with Gasteiger partial charge >= 0.3 is 0 Å². The van der Waals surface area contributed by atoms with E-state index in [4.69, 9.17) is 11.5 Å². The minimum Gasteiger partial charge on any atom is -0.398 e. The molecule has 1 atom stereocenters. The molecule has 0 spiro atoms. The third kappa shape index (κ3) is 2.03. The monoisotopic (exact) mass is 296 g/mol. The van der Waals surface area contributed by atoms with Crippen molar-refractivity contribution >= 4 is 27.8 Å². The first-order chi connectivity index (χ1) is 10.6. The van der Waals surface area contributed by atoms with Gasteiger partial charge in [-0.2, -0.15) is 0 Å². The zero-order valence-electron chi connectivity index (χ0n) is 13.5. The van der Waals surface area contributed by atoms with Crippen LogP contribution in [0.2, 0.25) is 0 Å². The summed E-state index contributed by atoms with van der Waals surface area (Å²) in [6.45, 7) is 7.95. The quantitative estimate of drug-likeness (QED) is 0.697. The van der Waals surface area contributed by atoms with Crippen molar-refractivity contribution in [1.82, 2.24) is 0 Å². The van der Waals surface area contributed by atoms with Crippen molar-refractivity contribution in [2.75, 3.05) is 23.7 Å². The summed E-state index contributed by atoms with van der Waals surface area (Å²) >= 11 is 0. The summed E-state index contributed by atoms with van der Waals surface area (Å²) in [6, 6.07) is 8.34. The third-order valence-corrected chi connectivity index (χ3v) is 4.43. The van der Waals surface area contributed by atoms with E-state index in [0.29, 0.717) is 0 Å². The molecule has 2 aromatic rings.